The fraction of sp³-hybridized carbons (Fsp3) is 0.700. The second-order valence-corrected chi connectivity index (χ2v) is 3.99. The Hall–Kier alpha value is -0.540. The molecule has 1 atom stereocenters. The van der Waals surface area contributed by atoms with Gasteiger partial charge >= 0.3 is 0 Å². The van der Waals surface area contributed by atoms with Gasteiger partial charge in [-0.3, -0.25) is 4.68 Å². The van der Waals surface area contributed by atoms with Crippen LogP contribution in [0.15, 0.2) is 0 Å². The lowest BCUT2D eigenvalue weighted by Gasteiger charge is -2.16. The number of nitrogens with zero attached hydrogens (tertiary/aromatic N) is 2. The normalized spacial score (nSPS) is 13.2. The molecule has 3 nitrogen and oxygen atoms in total. The highest BCUT2D eigenvalue weighted by molar-refractivity contribution is 6.31. The molecule has 0 fully saturated rings. The molecule has 0 radical (unpaired) electrons. The highest BCUT2D eigenvalue weighted by Gasteiger charge is 2.15. The van der Waals surface area contributed by atoms with Crippen molar-refractivity contribution in [2.24, 2.45) is 5.73 Å². The first-order valence-corrected chi connectivity index (χ1v) is 5.40. The molecular formula is C10H18ClN3. The second-order valence-electron chi connectivity index (χ2n) is 3.61. The summed E-state index contributed by atoms with van der Waals surface area (Å²) in [4.78, 5) is 0. The minimum atomic E-state index is 0.284. The molecule has 1 heterocycles. The van der Waals surface area contributed by atoms with Crippen LogP contribution in [0.5, 0.6) is 0 Å². The van der Waals surface area contributed by atoms with E-state index in [-0.39, 0.29) is 6.04 Å². The molecule has 0 spiro atoms. The van der Waals surface area contributed by atoms with E-state index in [2.05, 4.69) is 12.0 Å². The Morgan fingerprint density at radius 1 is 1.50 bits per heavy atom. The van der Waals surface area contributed by atoms with Gasteiger partial charge in [-0.05, 0) is 20.3 Å². The Kier molecular flexibility index (Phi) is 3.96. The molecule has 0 amide bonds. The van der Waals surface area contributed by atoms with E-state index in [4.69, 9.17) is 17.3 Å². The van der Waals surface area contributed by atoms with Crippen molar-refractivity contribution < 1.29 is 0 Å². The van der Waals surface area contributed by atoms with E-state index < -0.39 is 0 Å². The summed E-state index contributed by atoms with van der Waals surface area (Å²) in [6.45, 7) is 6.67. The molecule has 2 N–H and O–H groups in total. The van der Waals surface area contributed by atoms with Crippen molar-refractivity contribution in [1.29, 1.82) is 0 Å². The summed E-state index contributed by atoms with van der Waals surface area (Å²) in [7, 11) is 0. The topological polar surface area (TPSA) is 43.8 Å². The molecule has 1 rings (SSSR count). The molecule has 1 aromatic rings. The lowest BCUT2D eigenvalue weighted by molar-refractivity contribution is 0.419. The van der Waals surface area contributed by atoms with Crippen molar-refractivity contribution in [3.8, 4) is 0 Å². The van der Waals surface area contributed by atoms with Crippen LogP contribution in [0.2, 0.25) is 5.02 Å². The summed E-state index contributed by atoms with van der Waals surface area (Å²) >= 11 is 6.08. The molecule has 1 unspecified atom stereocenters. The number of hydrogen-bond donors (Lipinski definition) is 1. The van der Waals surface area contributed by atoms with Crippen LogP contribution in [0, 0.1) is 13.8 Å². The van der Waals surface area contributed by atoms with Crippen LogP contribution in [0.3, 0.4) is 0 Å². The van der Waals surface area contributed by atoms with Crippen LogP contribution in [0.4, 0.5) is 0 Å². The molecule has 0 aliphatic heterocycles. The average molecular weight is 216 g/mol. The van der Waals surface area contributed by atoms with Gasteiger partial charge in [0, 0.05) is 6.54 Å². The molecule has 80 valence electrons. The summed E-state index contributed by atoms with van der Waals surface area (Å²) in [5.41, 5.74) is 7.62. The summed E-state index contributed by atoms with van der Waals surface area (Å²) in [6, 6.07) is 0.284. The molecular weight excluding hydrogens is 198 g/mol. The smallest absolute Gasteiger partial charge is 0.0844 e. The molecule has 0 aliphatic rings. The van der Waals surface area contributed by atoms with Crippen molar-refractivity contribution in [1.82, 2.24) is 9.78 Å². The Labute approximate surface area is 90.2 Å². The van der Waals surface area contributed by atoms with Crippen LogP contribution in [-0.2, 0) is 0 Å². The maximum Gasteiger partial charge on any atom is 0.0844 e. The van der Waals surface area contributed by atoms with Crippen molar-refractivity contribution >= 4 is 11.6 Å². The summed E-state index contributed by atoms with van der Waals surface area (Å²) in [5.74, 6) is 0. The molecule has 1 aromatic heterocycles. The van der Waals surface area contributed by atoms with Gasteiger partial charge in [0.15, 0.2) is 0 Å². The Morgan fingerprint density at radius 2 is 2.14 bits per heavy atom. The van der Waals surface area contributed by atoms with Crippen molar-refractivity contribution in [3.05, 3.63) is 16.4 Å². The monoisotopic (exact) mass is 215 g/mol. The zero-order valence-electron chi connectivity index (χ0n) is 9.05. The first-order chi connectivity index (χ1) is 6.61. The van der Waals surface area contributed by atoms with Gasteiger partial charge in [-0.25, -0.2) is 0 Å². The zero-order chi connectivity index (χ0) is 10.7. The first-order valence-electron chi connectivity index (χ1n) is 5.03. The average Bonchev–Trinajstić information content (AvgIpc) is 2.42. The highest BCUT2D eigenvalue weighted by atomic mass is 35.5. The van der Waals surface area contributed by atoms with Gasteiger partial charge in [0.1, 0.15) is 0 Å². The Bertz CT molecular complexity index is 307. The van der Waals surface area contributed by atoms with E-state index >= 15 is 0 Å². The van der Waals surface area contributed by atoms with Crippen LogP contribution in [-0.4, -0.2) is 16.3 Å². The summed E-state index contributed by atoms with van der Waals surface area (Å²) in [5, 5.41) is 5.17. The van der Waals surface area contributed by atoms with Gasteiger partial charge in [-0.15, -0.1) is 0 Å². The van der Waals surface area contributed by atoms with Crippen LogP contribution in [0.1, 0.15) is 37.2 Å². The Balaban J connectivity index is 2.98. The third-order valence-corrected chi connectivity index (χ3v) is 3.02. The second kappa shape index (κ2) is 4.80. The van der Waals surface area contributed by atoms with Gasteiger partial charge < -0.3 is 5.73 Å². The molecule has 14 heavy (non-hydrogen) atoms. The fourth-order valence-electron chi connectivity index (χ4n) is 1.67. The molecule has 0 aromatic carbocycles. The number of aryl methyl sites for hydroxylation is 1. The predicted octanol–water partition coefficient (Wildman–Crippen LogP) is 2.45. The fourth-order valence-corrected chi connectivity index (χ4v) is 1.80. The molecule has 0 saturated carbocycles. The molecule has 0 aliphatic carbocycles. The van der Waals surface area contributed by atoms with Crippen molar-refractivity contribution in [2.45, 2.75) is 39.7 Å². The molecule has 0 saturated heterocycles. The summed E-state index contributed by atoms with van der Waals surface area (Å²) in [6.07, 6.45) is 2.16. The van der Waals surface area contributed by atoms with Crippen molar-refractivity contribution in [2.75, 3.05) is 6.54 Å². The van der Waals surface area contributed by atoms with E-state index in [1.165, 1.54) is 0 Å². The van der Waals surface area contributed by atoms with E-state index in [0.29, 0.717) is 6.54 Å². The number of aromatic nitrogens is 2. The molecule has 0 bridgehead atoms. The minimum absolute atomic E-state index is 0.284. The zero-order valence-corrected chi connectivity index (χ0v) is 9.80. The van der Waals surface area contributed by atoms with Gasteiger partial charge in [0.2, 0.25) is 0 Å². The van der Waals surface area contributed by atoms with Crippen LogP contribution in [0.25, 0.3) is 0 Å². The minimum Gasteiger partial charge on any atom is -0.328 e. The van der Waals surface area contributed by atoms with E-state index in [1.54, 1.807) is 0 Å². The number of rotatable bonds is 4. The lowest BCUT2D eigenvalue weighted by Crippen LogP contribution is -2.21. The number of nitrogens with two attached hydrogens (primary N) is 1. The third kappa shape index (κ3) is 2.10. The lowest BCUT2D eigenvalue weighted by atomic mass is 10.1. The molecule has 4 heteroatoms. The van der Waals surface area contributed by atoms with Gasteiger partial charge in [-0.2, -0.15) is 5.10 Å². The highest BCUT2D eigenvalue weighted by Crippen LogP contribution is 2.23. The summed E-state index contributed by atoms with van der Waals surface area (Å²) < 4.78 is 1.96. The standard InChI is InChI=1S/C10H18ClN3/c1-4-5-9(6-12)14-8(3)10(11)7(2)13-14/h9H,4-6,12H2,1-3H3. The predicted molar refractivity (Wildman–Crippen MR) is 59.7 cm³/mol. The van der Waals surface area contributed by atoms with E-state index in [9.17, 15) is 0 Å². The van der Waals surface area contributed by atoms with Gasteiger partial charge in [0.05, 0.1) is 22.5 Å². The van der Waals surface area contributed by atoms with Gasteiger partial charge in [-0.1, -0.05) is 24.9 Å². The van der Waals surface area contributed by atoms with E-state index in [0.717, 1.165) is 29.3 Å². The van der Waals surface area contributed by atoms with Crippen molar-refractivity contribution in [3.63, 3.8) is 0 Å². The van der Waals surface area contributed by atoms with Crippen LogP contribution < -0.4 is 5.73 Å². The Morgan fingerprint density at radius 3 is 2.50 bits per heavy atom. The largest absolute Gasteiger partial charge is 0.328 e. The van der Waals surface area contributed by atoms with E-state index in [1.807, 2.05) is 18.5 Å². The first kappa shape index (κ1) is 11.5. The quantitative estimate of drug-likeness (QED) is 0.839. The SMILES string of the molecule is CCCC(CN)n1nc(C)c(Cl)c1C. The van der Waals surface area contributed by atoms with Gasteiger partial charge in [0.25, 0.3) is 0 Å². The maximum atomic E-state index is 6.08. The number of halogens is 1. The number of hydrogen-bond acceptors (Lipinski definition) is 2. The van der Waals surface area contributed by atoms with Crippen LogP contribution >= 0.6 is 11.6 Å². The third-order valence-electron chi connectivity index (χ3n) is 2.48. The maximum absolute atomic E-state index is 6.08.